The summed E-state index contributed by atoms with van der Waals surface area (Å²) >= 11 is 1.31. The number of benzene rings is 2. The van der Waals surface area contributed by atoms with Gasteiger partial charge in [0.2, 0.25) is 5.91 Å². The molecule has 0 bridgehead atoms. The number of amides is 1. The summed E-state index contributed by atoms with van der Waals surface area (Å²) < 4.78 is 7.04. The summed E-state index contributed by atoms with van der Waals surface area (Å²) in [6.07, 6.45) is 1.94. The van der Waals surface area contributed by atoms with Crippen LogP contribution in [0.1, 0.15) is 25.8 Å². The van der Waals surface area contributed by atoms with E-state index in [0.29, 0.717) is 27.5 Å². The zero-order valence-electron chi connectivity index (χ0n) is 15.7. The number of hydrogen-bond acceptors (Lipinski definition) is 5. The van der Waals surface area contributed by atoms with Crippen LogP contribution in [0.5, 0.6) is 5.75 Å². The molecule has 1 saturated carbocycles. The summed E-state index contributed by atoms with van der Waals surface area (Å²) in [5.41, 5.74) is 1.24. The van der Waals surface area contributed by atoms with Gasteiger partial charge in [-0.25, -0.2) is 4.98 Å². The van der Waals surface area contributed by atoms with Crippen molar-refractivity contribution >= 4 is 34.3 Å². The Morgan fingerprint density at radius 2 is 1.93 bits per heavy atom. The van der Waals surface area contributed by atoms with Gasteiger partial charge in [0.05, 0.1) is 29.0 Å². The smallest absolute Gasteiger partial charge is 0.262 e. The summed E-state index contributed by atoms with van der Waals surface area (Å²) in [7, 11) is 1.57. The number of anilines is 1. The van der Waals surface area contributed by atoms with Crippen molar-refractivity contribution in [1.82, 2.24) is 9.55 Å². The van der Waals surface area contributed by atoms with E-state index >= 15 is 0 Å². The zero-order valence-corrected chi connectivity index (χ0v) is 16.5. The largest absolute Gasteiger partial charge is 0.495 e. The Hall–Kier alpha value is -2.80. The van der Waals surface area contributed by atoms with E-state index in [-0.39, 0.29) is 17.5 Å². The average molecular weight is 395 g/mol. The van der Waals surface area contributed by atoms with Gasteiger partial charge in [-0.2, -0.15) is 0 Å². The number of nitrogens with zero attached hydrogens (tertiary/aromatic N) is 2. The second kappa shape index (κ2) is 7.67. The monoisotopic (exact) mass is 395 g/mol. The van der Waals surface area contributed by atoms with E-state index in [1.807, 2.05) is 37.3 Å². The van der Waals surface area contributed by atoms with Gasteiger partial charge in [-0.3, -0.25) is 14.2 Å². The summed E-state index contributed by atoms with van der Waals surface area (Å²) in [6, 6.07) is 14.8. The maximum Gasteiger partial charge on any atom is 0.262 e. The second-order valence-corrected chi connectivity index (χ2v) is 8.08. The number of rotatable bonds is 6. The van der Waals surface area contributed by atoms with Crippen LogP contribution >= 0.6 is 11.8 Å². The molecule has 1 aliphatic rings. The molecule has 0 aliphatic heterocycles. The van der Waals surface area contributed by atoms with Gasteiger partial charge in [0.25, 0.3) is 5.56 Å². The number of aromatic nitrogens is 2. The van der Waals surface area contributed by atoms with E-state index < -0.39 is 5.25 Å². The van der Waals surface area contributed by atoms with E-state index in [9.17, 15) is 9.59 Å². The fourth-order valence-corrected chi connectivity index (χ4v) is 4.04. The molecule has 1 aromatic heterocycles. The van der Waals surface area contributed by atoms with Gasteiger partial charge in [0, 0.05) is 6.04 Å². The second-order valence-electron chi connectivity index (χ2n) is 6.77. The maximum absolute atomic E-state index is 12.9. The third kappa shape index (κ3) is 3.62. The molecule has 6 nitrogen and oxygen atoms in total. The lowest BCUT2D eigenvalue weighted by atomic mass is 10.2. The van der Waals surface area contributed by atoms with Crippen molar-refractivity contribution in [2.75, 3.05) is 12.4 Å². The minimum Gasteiger partial charge on any atom is -0.495 e. The van der Waals surface area contributed by atoms with Gasteiger partial charge in [0.15, 0.2) is 5.16 Å². The molecule has 144 valence electrons. The predicted molar refractivity (Wildman–Crippen MR) is 111 cm³/mol. The molecule has 1 aliphatic carbocycles. The summed E-state index contributed by atoms with van der Waals surface area (Å²) in [6.45, 7) is 1.81. The lowest BCUT2D eigenvalue weighted by Crippen LogP contribution is -2.26. The van der Waals surface area contributed by atoms with Crippen LogP contribution in [-0.4, -0.2) is 27.8 Å². The van der Waals surface area contributed by atoms with Crippen molar-refractivity contribution in [3.8, 4) is 5.75 Å². The number of fused-ring (bicyclic) bond motifs is 1. The fraction of sp³-hybridized carbons (Fsp3) is 0.286. The van der Waals surface area contributed by atoms with Gasteiger partial charge in [-0.15, -0.1) is 0 Å². The summed E-state index contributed by atoms with van der Waals surface area (Å²) in [4.78, 5) is 30.4. The van der Waals surface area contributed by atoms with Gasteiger partial charge < -0.3 is 10.1 Å². The van der Waals surface area contributed by atoms with Crippen molar-refractivity contribution in [2.24, 2.45) is 0 Å². The first-order chi connectivity index (χ1) is 13.6. The number of carbonyl (C=O) groups excluding carboxylic acids is 1. The minimum atomic E-state index is -0.428. The molecule has 1 amide bonds. The van der Waals surface area contributed by atoms with Crippen LogP contribution in [0.2, 0.25) is 0 Å². The van der Waals surface area contributed by atoms with Crippen molar-refractivity contribution in [3.63, 3.8) is 0 Å². The first-order valence-corrected chi connectivity index (χ1v) is 10.1. The van der Waals surface area contributed by atoms with Crippen molar-refractivity contribution < 1.29 is 9.53 Å². The Bertz CT molecular complexity index is 1090. The van der Waals surface area contributed by atoms with Gasteiger partial charge in [-0.05, 0) is 44.0 Å². The first-order valence-electron chi connectivity index (χ1n) is 9.20. The van der Waals surface area contributed by atoms with E-state index in [1.54, 1.807) is 29.9 Å². The summed E-state index contributed by atoms with van der Waals surface area (Å²) in [5, 5.41) is 3.68. The van der Waals surface area contributed by atoms with Crippen LogP contribution in [-0.2, 0) is 4.79 Å². The minimum absolute atomic E-state index is 0.0343. The molecule has 0 radical (unpaired) electrons. The number of para-hydroxylation sites is 3. The number of thioether (sulfide) groups is 1. The third-order valence-corrected chi connectivity index (χ3v) is 5.77. The highest BCUT2D eigenvalue weighted by molar-refractivity contribution is 8.00. The maximum atomic E-state index is 12.9. The average Bonchev–Trinajstić information content (AvgIpc) is 3.53. The third-order valence-electron chi connectivity index (χ3n) is 4.70. The molecular formula is C21H21N3O3S. The number of hydrogen-bond donors (Lipinski definition) is 1. The molecule has 7 heteroatoms. The Balaban J connectivity index is 1.61. The molecule has 0 saturated heterocycles. The van der Waals surface area contributed by atoms with Crippen molar-refractivity contribution in [3.05, 3.63) is 58.9 Å². The van der Waals surface area contributed by atoms with Gasteiger partial charge in [0.1, 0.15) is 5.75 Å². The molecular weight excluding hydrogens is 374 g/mol. The molecule has 1 unspecified atom stereocenters. The lowest BCUT2D eigenvalue weighted by Gasteiger charge is -2.17. The van der Waals surface area contributed by atoms with Crippen molar-refractivity contribution in [2.45, 2.75) is 36.2 Å². The standard InChI is InChI=1S/C21H21N3O3S/c1-13(19(25)22-17-9-5-6-10-18(17)27-2)28-21-23-16-8-4-3-7-15(16)20(26)24(21)14-11-12-14/h3-10,13-14H,11-12H2,1-2H3,(H,22,25). The molecule has 1 heterocycles. The molecule has 0 spiro atoms. The Morgan fingerprint density at radius 3 is 2.68 bits per heavy atom. The molecule has 28 heavy (non-hydrogen) atoms. The van der Waals surface area contributed by atoms with Crippen LogP contribution in [0, 0.1) is 0 Å². The van der Waals surface area contributed by atoms with E-state index in [0.717, 1.165) is 12.8 Å². The van der Waals surface area contributed by atoms with Gasteiger partial charge >= 0.3 is 0 Å². The number of carbonyl (C=O) groups is 1. The Morgan fingerprint density at radius 1 is 1.21 bits per heavy atom. The number of ether oxygens (including phenoxy) is 1. The van der Waals surface area contributed by atoms with Crippen LogP contribution < -0.4 is 15.6 Å². The topological polar surface area (TPSA) is 73.2 Å². The zero-order chi connectivity index (χ0) is 19.7. The quantitative estimate of drug-likeness (QED) is 0.507. The fourth-order valence-electron chi connectivity index (χ4n) is 3.06. The molecule has 3 aromatic rings. The van der Waals surface area contributed by atoms with Crippen LogP contribution in [0.15, 0.2) is 58.5 Å². The summed E-state index contributed by atoms with van der Waals surface area (Å²) in [5.74, 6) is 0.436. The highest BCUT2D eigenvalue weighted by Gasteiger charge is 2.30. The highest BCUT2D eigenvalue weighted by atomic mass is 32.2. The predicted octanol–water partition coefficient (Wildman–Crippen LogP) is 3.86. The van der Waals surface area contributed by atoms with E-state index in [4.69, 9.17) is 4.74 Å². The van der Waals surface area contributed by atoms with Crippen LogP contribution in [0.25, 0.3) is 10.9 Å². The lowest BCUT2D eigenvalue weighted by molar-refractivity contribution is -0.115. The van der Waals surface area contributed by atoms with Crippen molar-refractivity contribution in [1.29, 1.82) is 0 Å². The molecule has 4 rings (SSSR count). The number of nitrogens with one attached hydrogen (secondary N) is 1. The normalized spacial score (nSPS) is 14.6. The highest BCUT2D eigenvalue weighted by Crippen LogP contribution is 2.37. The van der Waals surface area contributed by atoms with Crippen LogP contribution in [0.3, 0.4) is 0 Å². The Kier molecular flexibility index (Phi) is 5.09. The Labute approximate surface area is 166 Å². The van der Waals surface area contributed by atoms with Gasteiger partial charge in [-0.1, -0.05) is 36.0 Å². The molecule has 1 atom stereocenters. The van der Waals surface area contributed by atoms with E-state index in [2.05, 4.69) is 10.3 Å². The molecule has 2 aromatic carbocycles. The molecule has 1 fully saturated rings. The molecule has 1 N–H and O–H groups in total. The number of methoxy groups -OCH3 is 1. The SMILES string of the molecule is COc1ccccc1NC(=O)C(C)Sc1nc2ccccc2c(=O)n1C1CC1. The first kappa shape index (κ1) is 18.6. The van der Waals surface area contributed by atoms with Crippen LogP contribution in [0.4, 0.5) is 5.69 Å². The van der Waals surface area contributed by atoms with E-state index in [1.165, 1.54) is 11.8 Å².